The summed E-state index contributed by atoms with van der Waals surface area (Å²) in [5, 5.41) is 1.16. The van der Waals surface area contributed by atoms with Crippen LogP contribution in [0.1, 0.15) is 12.0 Å². The van der Waals surface area contributed by atoms with Crippen LogP contribution in [-0.4, -0.2) is 26.2 Å². The molecule has 1 aromatic carbocycles. The second-order valence-corrected chi connectivity index (χ2v) is 4.84. The molecule has 1 saturated heterocycles. The number of hydrogen-bond acceptors (Lipinski definition) is 4. The van der Waals surface area contributed by atoms with E-state index in [0.29, 0.717) is 6.61 Å². The summed E-state index contributed by atoms with van der Waals surface area (Å²) in [6.07, 6.45) is 2.83. The van der Waals surface area contributed by atoms with Gasteiger partial charge < -0.3 is 19.8 Å². The third kappa shape index (κ3) is 1.87. The number of fused-ring (bicyclic) bond motifs is 1. The molecule has 1 unspecified atom stereocenters. The van der Waals surface area contributed by atoms with Crippen molar-refractivity contribution in [2.75, 3.05) is 25.1 Å². The second kappa shape index (κ2) is 4.63. The van der Waals surface area contributed by atoms with Crippen LogP contribution in [0.2, 0.25) is 0 Å². The average molecular weight is 246 g/mol. The lowest BCUT2D eigenvalue weighted by Gasteiger charge is -2.19. The minimum atomic E-state index is 0.276. The highest BCUT2D eigenvalue weighted by molar-refractivity contribution is 5.94. The van der Waals surface area contributed by atoms with Gasteiger partial charge in [-0.2, -0.15) is 0 Å². The van der Waals surface area contributed by atoms with Crippen molar-refractivity contribution in [3.05, 3.63) is 30.0 Å². The molecule has 1 aliphatic rings. The SMILES string of the molecule is COCc1coc2cccc(N3CCC(N)C3)c12. The molecular weight excluding hydrogens is 228 g/mol. The van der Waals surface area contributed by atoms with Crippen molar-refractivity contribution >= 4 is 16.7 Å². The Balaban J connectivity index is 2.07. The summed E-state index contributed by atoms with van der Waals surface area (Å²) < 4.78 is 10.8. The number of hydrogen-bond donors (Lipinski definition) is 1. The van der Waals surface area contributed by atoms with Crippen molar-refractivity contribution < 1.29 is 9.15 Å². The van der Waals surface area contributed by atoms with E-state index in [1.165, 1.54) is 5.69 Å². The van der Waals surface area contributed by atoms with Crippen molar-refractivity contribution in [2.45, 2.75) is 19.1 Å². The Hall–Kier alpha value is -1.52. The van der Waals surface area contributed by atoms with Gasteiger partial charge in [0.2, 0.25) is 0 Å². The highest BCUT2D eigenvalue weighted by Gasteiger charge is 2.22. The Morgan fingerprint density at radius 3 is 3.11 bits per heavy atom. The molecule has 3 rings (SSSR count). The van der Waals surface area contributed by atoms with E-state index < -0.39 is 0 Å². The van der Waals surface area contributed by atoms with Crippen molar-refractivity contribution in [1.29, 1.82) is 0 Å². The predicted molar refractivity (Wildman–Crippen MR) is 71.7 cm³/mol. The highest BCUT2D eigenvalue weighted by Crippen LogP contribution is 2.33. The van der Waals surface area contributed by atoms with E-state index >= 15 is 0 Å². The maximum Gasteiger partial charge on any atom is 0.136 e. The Kier molecular flexibility index (Phi) is 2.97. The fourth-order valence-electron chi connectivity index (χ4n) is 2.67. The average Bonchev–Trinajstić information content (AvgIpc) is 2.97. The Morgan fingerprint density at radius 2 is 2.39 bits per heavy atom. The summed E-state index contributed by atoms with van der Waals surface area (Å²) in [7, 11) is 1.70. The summed E-state index contributed by atoms with van der Waals surface area (Å²) in [6, 6.07) is 6.43. The first-order valence-electron chi connectivity index (χ1n) is 6.28. The summed E-state index contributed by atoms with van der Waals surface area (Å²) in [5.41, 5.74) is 9.22. The molecule has 2 aromatic rings. The summed E-state index contributed by atoms with van der Waals surface area (Å²) in [6.45, 7) is 2.50. The second-order valence-electron chi connectivity index (χ2n) is 4.84. The topological polar surface area (TPSA) is 51.6 Å². The standard InChI is InChI=1S/C14H18N2O2/c1-17-8-10-9-18-13-4-2-3-12(14(10)13)16-6-5-11(15)7-16/h2-4,9,11H,5-8,15H2,1H3. The van der Waals surface area contributed by atoms with E-state index in [-0.39, 0.29) is 6.04 Å². The van der Waals surface area contributed by atoms with E-state index in [9.17, 15) is 0 Å². The Morgan fingerprint density at radius 1 is 1.50 bits per heavy atom. The molecule has 4 heteroatoms. The van der Waals surface area contributed by atoms with Gasteiger partial charge in [0.25, 0.3) is 0 Å². The fourth-order valence-corrected chi connectivity index (χ4v) is 2.67. The molecule has 2 N–H and O–H groups in total. The molecule has 18 heavy (non-hydrogen) atoms. The summed E-state index contributed by atoms with van der Waals surface area (Å²) in [4.78, 5) is 2.34. The van der Waals surface area contributed by atoms with Crippen molar-refractivity contribution in [3.8, 4) is 0 Å². The van der Waals surface area contributed by atoms with Crippen LogP contribution >= 0.6 is 0 Å². The molecule has 0 aliphatic carbocycles. The lowest BCUT2D eigenvalue weighted by molar-refractivity contribution is 0.185. The van der Waals surface area contributed by atoms with E-state index in [1.54, 1.807) is 13.4 Å². The van der Waals surface area contributed by atoms with Crippen LogP contribution in [0.25, 0.3) is 11.0 Å². The van der Waals surface area contributed by atoms with Crippen molar-refractivity contribution in [1.82, 2.24) is 0 Å². The smallest absolute Gasteiger partial charge is 0.136 e. The highest BCUT2D eigenvalue weighted by atomic mass is 16.5. The van der Waals surface area contributed by atoms with E-state index in [2.05, 4.69) is 11.0 Å². The fraction of sp³-hybridized carbons (Fsp3) is 0.429. The van der Waals surface area contributed by atoms with Gasteiger partial charge in [-0.1, -0.05) is 6.07 Å². The molecule has 1 aliphatic heterocycles. The van der Waals surface area contributed by atoms with Gasteiger partial charge >= 0.3 is 0 Å². The zero-order valence-corrected chi connectivity index (χ0v) is 10.6. The van der Waals surface area contributed by atoms with Crippen LogP contribution < -0.4 is 10.6 Å². The molecule has 0 spiro atoms. The normalized spacial score (nSPS) is 19.9. The monoisotopic (exact) mass is 246 g/mol. The molecule has 1 fully saturated rings. The number of anilines is 1. The van der Waals surface area contributed by atoms with Crippen LogP contribution in [-0.2, 0) is 11.3 Å². The third-order valence-electron chi connectivity index (χ3n) is 3.52. The molecule has 1 atom stereocenters. The van der Waals surface area contributed by atoms with Gasteiger partial charge in [-0.3, -0.25) is 0 Å². The van der Waals surface area contributed by atoms with Gasteiger partial charge in [-0.05, 0) is 18.6 Å². The minimum Gasteiger partial charge on any atom is -0.464 e. The largest absolute Gasteiger partial charge is 0.464 e. The number of nitrogens with zero attached hydrogens (tertiary/aromatic N) is 1. The van der Waals surface area contributed by atoms with Gasteiger partial charge in [0, 0.05) is 42.9 Å². The van der Waals surface area contributed by atoms with Crippen molar-refractivity contribution in [2.24, 2.45) is 5.73 Å². The number of rotatable bonds is 3. The molecule has 4 nitrogen and oxygen atoms in total. The number of ether oxygens (including phenoxy) is 1. The molecule has 0 radical (unpaired) electrons. The minimum absolute atomic E-state index is 0.276. The van der Waals surface area contributed by atoms with Gasteiger partial charge in [0.05, 0.1) is 12.9 Å². The van der Waals surface area contributed by atoms with Crippen LogP contribution in [0, 0.1) is 0 Å². The first-order chi connectivity index (χ1) is 8.79. The number of methoxy groups -OCH3 is 1. The number of furan rings is 1. The van der Waals surface area contributed by atoms with Gasteiger partial charge in [-0.15, -0.1) is 0 Å². The van der Waals surface area contributed by atoms with Gasteiger partial charge in [-0.25, -0.2) is 0 Å². The van der Waals surface area contributed by atoms with Crippen LogP contribution in [0.15, 0.2) is 28.9 Å². The Bertz CT molecular complexity index is 550. The molecule has 96 valence electrons. The summed E-state index contributed by atoms with van der Waals surface area (Å²) in [5.74, 6) is 0. The van der Waals surface area contributed by atoms with E-state index in [0.717, 1.165) is 36.0 Å². The number of nitrogens with two attached hydrogens (primary N) is 1. The van der Waals surface area contributed by atoms with Crippen LogP contribution in [0.3, 0.4) is 0 Å². The van der Waals surface area contributed by atoms with Gasteiger partial charge in [0.15, 0.2) is 0 Å². The van der Waals surface area contributed by atoms with Crippen LogP contribution in [0.4, 0.5) is 5.69 Å². The summed E-state index contributed by atoms with van der Waals surface area (Å²) >= 11 is 0. The maximum absolute atomic E-state index is 5.99. The zero-order valence-electron chi connectivity index (χ0n) is 10.6. The number of benzene rings is 1. The molecular formula is C14H18N2O2. The third-order valence-corrected chi connectivity index (χ3v) is 3.52. The lowest BCUT2D eigenvalue weighted by atomic mass is 10.1. The molecule has 2 heterocycles. The molecule has 0 amide bonds. The van der Waals surface area contributed by atoms with Gasteiger partial charge in [0.1, 0.15) is 5.58 Å². The van der Waals surface area contributed by atoms with Crippen LogP contribution in [0.5, 0.6) is 0 Å². The quantitative estimate of drug-likeness (QED) is 0.901. The first kappa shape index (κ1) is 11.6. The van der Waals surface area contributed by atoms with E-state index in [4.69, 9.17) is 14.9 Å². The molecule has 1 aromatic heterocycles. The van der Waals surface area contributed by atoms with Crippen molar-refractivity contribution in [3.63, 3.8) is 0 Å². The maximum atomic E-state index is 5.99. The predicted octanol–water partition coefficient (Wildman–Crippen LogP) is 2.12. The molecule has 0 saturated carbocycles. The zero-order chi connectivity index (χ0) is 12.5. The Labute approximate surface area is 106 Å². The lowest BCUT2D eigenvalue weighted by Crippen LogP contribution is -2.26. The van der Waals surface area contributed by atoms with E-state index in [1.807, 2.05) is 12.1 Å². The first-order valence-corrected chi connectivity index (χ1v) is 6.28. The molecule has 0 bridgehead atoms.